The summed E-state index contributed by atoms with van der Waals surface area (Å²) >= 11 is 0. The van der Waals surface area contributed by atoms with Gasteiger partial charge in [-0.15, -0.1) is 12.4 Å². The number of carbonyl (C=O) groups is 2. The fourth-order valence-electron chi connectivity index (χ4n) is 1.68. The van der Waals surface area contributed by atoms with Gasteiger partial charge in [-0.3, -0.25) is 9.59 Å². The molecule has 0 aliphatic rings. The van der Waals surface area contributed by atoms with Gasteiger partial charge in [0.1, 0.15) is 0 Å². The molecule has 1 aromatic rings. The molecular formula is C15H23ClN2O2. The number of amides is 1. The highest BCUT2D eigenvalue weighted by Gasteiger charge is 2.07. The molecule has 0 spiro atoms. The van der Waals surface area contributed by atoms with Crippen LogP contribution in [0.3, 0.4) is 0 Å². The molecule has 0 saturated heterocycles. The molecule has 0 radical (unpaired) electrons. The summed E-state index contributed by atoms with van der Waals surface area (Å²) < 4.78 is 0. The summed E-state index contributed by atoms with van der Waals surface area (Å²) in [5, 5.41) is 6.05. The first-order valence-electron chi connectivity index (χ1n) is 6.81. The van der Waals surface area contributed by atoms with E-state index in [0.717, 1.165) is 19.5 Å². The monoisotopic (exact) mass is 298 g/mol. The Labute approximate surface area is 126 Å². The highest BCUT2D eigenvalue weighted by Crippen LogP contribution is 2.06. The Morgan fingerprint density at radius 3 is 2.10 bits per heavy atom. The lowest BCUT2D eigenvalue weighted by molar-refractivity contribution is 0.0950. The second-order valence-electron chi connectivity index (χ2n) is 4.36. The summed E-state index contributed by atoms with van der Waals surface area (Å²) in [4.78, 5) is 23.3. The Hall–Kier alpha value is -1.39. The van der Waals surface area contributed by atoms with Crippen LogP contribution in [0.2, 0.25) is 0 Å². The SMILES string of the molecule is CCCNCCNC(=O)c1ccc(C(=O)CC)cc1.Cl. The van der Waals surface area contributed by atoms with E-state index in [1.807, 2.05) is 6.92 Å². The van der Waals surface area contributed by atoms with E-state index in [1.165, 1.54) is 0 Å². The van der Waals surface area contributed by atoms with Crippen molar-refractivity contribution in [2.45, 2.75) is 26.7 Å². The van der Waals surface area contributed by atoms with Crippen molar-refractivity contribution in [1.82, 2.24) is 10.6 Å². The Balaban J connectivity index is 0.00000361. The lowest BCUT2D eigenvalue weighted by Crippen LogP contribution is -2.32. The second-order valence-corrected chi connectivity index (χ2v) is 4.36. The van der Waals surface area contributed by atoms with Crippen molar-refractivity contribution in [3.8, 4) is 0 Å². The zero-order valence-electron chi connectivity index (χ0n) is 12.1. The molecule has 0 heterocycles. The molecular weight excluding hydrogens is 276 g/mol. The number of rotatable bonds is 8. The number of ketones is 1. The van der Waals surface area contributed by atoms with Crippen LogP contribution in [-0.4, -0.2) is 31.3 Å². The van der Waals surface area contributed by atoms with Crippen LogP contribution in [-0.2, 0) is 0 Å². The fourth-order valence-corrected chi connectivity index (χ4v) is 1.68. The lowest BCUT2D eigenvalue weighted by Gasteiger charge is -2.06. The van der Waals surface area contributed by atoms with Gasteiger partial charge in [0.2, 0.25) is 0 Å². The summed E-state index contributed by atoms with van der Waals surface area (Å²) in [6.07, 6.45) is 1.56. The van der Waals surface area contributed by atoms with Gasteiger partial charge in [0.05, 0.1) is 0 Å². The van der Waals surface area contributed by atoms with Gasteiger partial charge in [-0.25, -0.2) is 0 Å². The van der Waals surface area contributed by atoms with Crippen molar-refractivity contribution in [3.63, 3.8) is 0 Å². The molecule has 0 aromatic heterocycles. The number of benzene rings is 1. The third-order valence-electron chi connectivity index (χ3n) is 2.80. The average Bonchev–Trinajstić information content (AvgIpc) is 2.46. The maximum absolute atomic E-state index is 11.8. The minimum atomic E-state index is -0.103. The lowest BCUT2D eigenvalue weighted by atomic mass is 10.1. The molecule has 20 heavy (non-hydrogen) atoms. The molecule has 0 bridgehead atoms. The minimum Gasteiger partial charge on any atom is -0.351 e. The predicted molar refractivity (Wildman–Crippen MR) is 83.8 cm³/mol. The van der Waals surface area contributed by atoms with Gasteiger partial charge >= 0.3 is 0 Å². The third kappa shape index (κ3) is 6.17. The quantitative estimate of drug-likeness (QED) is 0.572. The highest BCUT2D eigenvalue weighted by atomic mass is 35.5. The van der Waals surface area contributed by atoms with Gasteiger partial charge in [0.15, 0.2) is 5.78 Å². The number of Topliss-reactive ketones (excluding diaryl/α,β-unsaturated/α-hetero) is 1. The molecule has 2 N–H and O–H groups in total. The highest BCUT2D eigenvalue weighted by molar-refractivity contribution is 5.98. The molecule has 0 fully saturated rings. The number of hydrogen-bond acceptors (Lipinski definition) is 3. The van der Waals surface area contributed by atoms with E-state index in [9.17, 15) is 9.59 Å². The first-order chi connectivity index (χ1) is 9.19. The Bertz CT molecular complexity index is 418. The second kappa shape index (κ2) is 10.4. The predicted octanol–water partition coefficient (Wildman–Crippen LogP) is 2.43. The van der Waals surface area contributed by atoms with Gasteiger partial charge in [0.25, 0.3) is 5.91 Å². The van der Waals surface area contributed by atoms with Gasteiger partial charge < -0.3 is 10.6 Å². The van der Waals surface area contributed by atoms with Gasteiger partial charge in [-0.1, -0.05) is 26.0 Å². The van der Waals surface area contributed by atoms with Crippen LogP contribution < -0.4 is 10.6 Å². The molecule has 1 amide bonds. The maximum Gasteiger partial charge on any atom is 0.251 e. The molecule has 0 aliphatic carbocycles. The molecule has 1 rings (SSSR count). The summed E-state index contributed by atoms with van der Waals surface area (Å²) in [5.41, 5.74) is 1.24. The van der Waals surface area contributed by atoms with E-state index in [1.54, 1.807) is 24.3 Å². The average molecular weight is 299 g/mol. The molecule has 5 heteroatoms. The fraction of sp³-hybridized carbons (Fsp3) is 0.467. The van der Waals surface area contributed by atoms with E-state index < -0.39 is 0 Å². The first kappa shape index (κ1) is 18.6. The molecule has 0 unspecified atom stereocenters. The number of nitrogens with one attached hydrogen (secondary N) is 2. The maximum atomic E-state index is 11.8. The van der Waals surface area contributed by atoms with E-state index in [4.69, 9.17) is 0 Å². The molecule has 4 nitrogen and oxygen atoms in total. The third-order valence-corrected chi connectivity index (χ3v) is 2.80. The van der Waals surface area contributed by atoms with Crippen LogP contribution in [0.5, 0.6) is 0 Å². The molecule has 1 aromatic carbocycles. The molecule has 0 saturated carbocycles. The topological polar surface area (TPSA) is 58.2 Å². The van der Waals surface area contributed by atoms with Crippen molar-refractivity contribution in [1.29, 1.82) is 0 Å². The Morgan fingerprint density at radius 1 is 0.950 bits per heavy atom. The number of hydrogen-bond donors (Lipinski definition) is 2. The summed E-state index contributed by atoms with van der Waals surface area (Å²) in [5.74, 6) is -0.00970. The van der Waals surface area contributed by atoms with Crippen LogP contribution in [0.25, 0.3) is 0 Å². The zero-order chi connectivity index (χ0) is 14.1. The van der Waals surface area contributed by atoms with E-state index in [2.05, 4.69) is 17.6 Å². The van der Waals surface area contributed by atoms with Crippen LogP contribution in [0, 0.1) is 0 Å². The van der Waals surface area contributed by atoms with Crippen molar-refractivity contribution in [2.24, 2.45) is 0 Å². The van der Waals surface area contributed by atoms with Crippen molar-refractivity contribution in [2.75, 3.05) is 19.6 Å². The Morgan fingerprint density at radius 2 is 1.55 bits per heavy atom. The first-order valence-corrected chi connectivity index (χ1v) is 6.81. The zero-order valence-corrected chi connectivity index (χ0v) is 12.9. The number of carbonyl (C=O) groups excluding carboxylic acids is 2. The smallest absolute Gasteiger partial charge is 0.251 e. The number of halogens is 1. The molecule has 0 atom stereocenters. The largest absolute Gasteiger partial charge is 0.351 e. The molecule has 0 aliphatic heterocycles. The summed E-state index contributed by atoms with van der Waals surface area (Å²) in [7, 11) is 0. The normalized spacial score (nSPS) is 9.70. The van der Waals surface area contributed by atoms with Crippen LogP contribution in [0.1, 0.15) is 47.4 Å². The van der Waals surface area contributed by atoms with Crippen molar-refractivity contribution in [3.05, 3.63) is 35.4 Å². The van der Waals surface area contributed by atoms with Gasteiger partial charge in [-0.05, 0) is 25.1 Å². The molecule has 112 valence electrons. The van der Waals surface area contributed by atoms with Crippen molar-refractivity contribution >= 4 is 24.1 Å². The van der Waals surface area contributed by atoms with Crippen LogP contribution >= 0.6 is 12.4 Å². The standard InChI is InChI=1S/C15H22N2O2.ClH/c1-3-9-16-10-11-17-15(19)13-7-5-12(6-8-13)14(18)4-2;/h5-8,16H,3-4,9-11H2,1-2H3,(H,17,19);1H. The Kier molecular flexibility index (Phi) is 9.68. The summed E-state index contributed by atoms with van der Waals surface area (Å²) in [6.45, 7) is 6.27. The van der Waals surface area contributed by atoms with Crippen LogP contribution in [0.15, 0.2) is 24.3 Å². The van der Waals surface area contributed by atoms with E-state index >= 15 is 0 Å². The van der Waals surface area contributed by atoms with E-state index in [0.29, 0.717) is 24.1 Å². The van der Waals surface area contributed by atoms with Gasteiger partial charge in [-0.2, -0.15) is 0 Å². The van der Waals surface area contributed by atoms with Gasteiger partial charge in [0, 0.05) is 30.6 Å². The van der Waals surface area contributed by atoms with E-state index in [-0.39, 0.29) is 24.1 Å². The van der Waals surface area contributed by atoms with Crippen LogP contribution in [0.4, 0.5) is 0 Å². The minimum absolute atomic E-state index is 0. The van der Waals surface area contributed by atoms with Crippen molar-refractivity contribution < 1.29 is 9.59 Å². The summed E-state index contributed by atoms with van der Waals surface area (Å²) in [6, 6.07) is 6.79.